The zero-order valence-electron chi connectivity index (χ0n) is 14.3. The molecule has 0 bridgehead atoms. The summed E-state index contributed by atoms with van der Waals surface area (Å²) >= 11 is 0. The summed E-state index contributed by atoms with van der Waals surface area (Å²) in [5, 5.41) is 10.8. The van der Waals surface area contributed by atoms with Crippen LogP contribution in [0.5, 0.6) is 0 Å². The van der Waals surface area contributed by atoms with Gasteiger partial charge in [-0.05, 0) is 12.5 Å². The lowest BCUT2D eigenvalue weighted by Crippen LogP contribution is -2.49. The molecule has 1 atom stereocenters. The monoisotopic (exact) mass is 355 g/mol. The minimum atomic E-state index is -2.61. The Bertz CT molecular complexity index is 711. The van der Waals surface area contributed by atoms with Gasteiger partial charge in [0.05, 0.1) is 17.7 Å². The summed E-state index contributed by atoms with van der Waals surface area (Å²) in [7, 11) is 1.57. The van der Waals surface area contributed by atoms with Gasteiger partial charge in [-0.25, -0.2) is 8.78 Å². The number of pyridine rings is 1. The number of aliphatic hydroxyl groups is 1. The highest BCUT2D eigenvalue weighted by Gasteiger charge is 2.42. The van der Waals surface area contributed by atoms with E-state index in [-0.39, 0.29) is 43.9 Å². The second-order valence-electron chi connectivity index (χ2n) is 7.20. The fourth-order valence-corrected chi connectivity index (χ4v) is 3.52. The molecule has 0 aliphatic carbocycles. The number of rotatable bonds is 3. The first kappa shape index (κ1) is 18.0. The number of carbonyl (C=O) groups is 1. The molecule has 2 aliphatic heterocycles. The lowest BCUT2D eigenvalue weighted by Gasteiger charge is -2.36. The highest BCUT2D eigenvalue weighted by Crippen LogP contribution is 2.30. The summed E-state index contributed by atoms with van der Waals surface area (Å²) in [4.78, 5) is 27.4. The first-order valence-corrected chi connectivity index (χ1v) is 8.46. The van der Waals surface area contributed by atoms with Gasteiger partial charge in [-0.15, -0.1) is 0 Å². The Kier molecular flexibility index (Phi) is 4.68. The maximum atomic E-state index is 13.2. The summed E-state index contributed by atoms with van der Waals surface area (Å²) < 4.78 is 27.8. The van der Waals surface area contributed by atoms with Crippen LogP contribution >= 0.6 is 0 Å². The van der Waals surface area contributed by atoms with Crippen molar-refractivity contribution in [2.45, 2.75) is 30.8 Å². The maximum Gasteiger partial charge on any atom is 0.255 e. The van der Waals surface area contributed by atoms with Crippen molar-refractivity contribution in [3.8, 4) is 0 Å². The van der Waals surface area contributed by atoms with Crippen LogP contribution in [0.3, 0.4) is 0 Å². The van der Waals surface area contributed by atoms with Crippen LogP contribution in [0.15, 0.2) is 23.1 Å². The van der Waals surface area contributed by atoms with E-state index in [0.717, 1.165) is 0 Å². The maximum absolute atomic E-state index is 13.2. The minimum absolute atomic E-state index is 0.168. The summed E-state index contributed by atoms with van der Waals surface area (Å²) in [5.41, 5.74) is -0.886. The lowest BCUT2D eigenvalue weighted by atomic mass is 10.00. The van der Waals surface area contributed by atoms with E-state index in [0.29, 0.717) is 25.1 Å². The van der Waals surface area contributed by atoms with Crippen LogP contribution in [-0.4, -0.2) is 69.6 Å². The Balaban J connectivity index is 1.61. The van der Waals surface area contributed by atoms with Gasteiger partial charge in [0.1, 0.15) is 0 Å². The molecule has 3 rings (SSSR count). The van der Waals surface area contributed by atoms with E-state index in [1.165, 1.54) is 22.9 Å². The molecule has 25 heavy (non-hydrogen) atoms. The van der Waals surface area contributed by atoms with E-state index in [4.69, 9.17) is 0 Å². The molecule has 1 aromatic rings. The van der Waals surface area contributed by atoms with Gasteiger partial charge >= 0.3 is 0 Å². The van der Waals surface area contributed by atoms with E-state index in [1.54, 1.807) is 11.9 Å². The number of aryl methyl sites for hydroxylation is 1. The van der Waals surface area contributed by atoms with Gasteiger partial charge in [-0.2, -0.15) is 0 Å². The van der Waals surface area contributed by atoms with E-state index in [2.05, 4.69) is 0 Å². The van der Waals surface area contributed by atoms with Crippen LogP contribution < -0.4 is 5.56 Å². The molecular formula is C17H23F2N3O3. The summed E-state index contributed by atoms with van der Waals surface area (Å²) in [5.74, 6) is -2.85. The van der Waals surface area contributed by atoms with Crippen LogP contribution in [-0.2, 0) is 7.05 Å². The molecule has 0 spiro atoms. The molecule has 8 heteroatoms. The highest BCUT2D eigenvalue weighted by atomic mass is 19.3. The highest BCUT2D eigenvalue weighted by molar-refractivity contribution is 5.94. The Morgan fingerprint density at radius 3 is 2.52 bits per heavy atom. The topological polar surface area (TPSA) is 65.8 Å². The third-order valence-corrected chi connectivity index (χ3v) is 5.06. The molecule has 0 saturated carbocycles. The summed E-state index contributed by atoms with van der Waals surface area (Å²) in [6.45, 7) is 1.37. The van der Waals surface area contributed by atoms with E-state index >= 15 is 0 Å². The minimum Gasteiger partial charge on any atom is -0.387 e. The van der Waals surface area contributed by atoms with Crippen molar-refractivity contribution in [3.05, 3.63) is 34.2 Å². The number of hydrogen-bond acceptors (Lipinski definition) is 4. The second-order valence-corrected chi connectivity index (χ2v) is 7.20. The quantitative estimate of drug-likeness (QED) is 0.867. The van der Waals surface area contributed by atoms with Crippen molar-refractivity contribution >= 4 is 5.91 Å². The van der Waals surface area contributed by atoms with E-state index in [1.807, 2.05) is 4.90 Å². The van der Waals surface area contributed by atoms with Gasteiger partial charge in [0, 0.05) is 58.3 Å². The number of piperidine rings is 1. The fraction of sp³-hybridized carbons (Fsp3) is 0.647. The standard InChI is InChI=1S/C17H23F2N3O3/c1-20-10-13(2-3-14(20)23)15(24)22-9-4-16(25,12-22)11-21-7-5-17(18,19)6-8-21/h2-3,10,25H,4-9,11-12H2,1H3/t16-/m1/s1. The van der Waals surface area contributed by atoms with Crippen molar-refractivity contribution < 1.29 is 18.7 Å². The van der Waals surface area contributed by atoms with Crippen LogP contribution in [0.1, 0.15) is 29.6 Å². The molecule has 2 fully saturated rings. The number of halogens is 2. The van der Waals surface area contributed by atoms with Crippen LogP contribution in [0.4, 0.5) is 8.78 Å². The van der Waals surface area contributed by atoms with Gasteiger partial charge in [-0.1, -0.05) is 0 Å². The number of carbonyl (C=O) groups excluding carboxylic acids is 1. The number of nitrogens with zero attached hydrogens (tertiary/aromatic N) is 3. The van der Waals surface area contributed by atoms with Crippen LogP contribution in [0.2, 0.25) is 0 Å². The SMILES string of the molecule is Cn1cc(C(=O)N2CC[C@@](O)(CN3CCC(F)(F)CC3)C2)ccc1=O. The van der Waals surface area contributed by atoms with Crippen LogP contribution in [0, 0.1) is 0 Å². The van der Waals surface area contributed by atoms with Crippen molar-refractivity contribution in [1.82, 2.24) is 14.4 Å². The third kappa shape index (κ3) is 4.07. The molecule has 0 unspecified atom stereocenters. The molecular weight excluding hydrogens is 332 g/mol. The van der Waals surface area contributed by atoms with Crippen molar-refractivity contribution in [3.63, 3.8) is 0 Å². The fourth-order valence-electron chi connectivity index (χ4n) is 3.52. The zero-order valence-corrected chi connectivity index (χ0v) is 14.3. The second kappa shape index (κ2) is 6.49. The number of likely N-dealkylation sites (tertiary alicyclic amines) is 2. The predicted octanol–water partition coefficient (Wildman–Crippen LogP) is 0.693. The Morgan fingerprint density at radius 2 is 1.88 bits per heavy atom. The smallest absolute Gasteiger partial charge is 0.255 e. The van der Waals surface area contributed by atoms with Gasteiger partial charge in [-0.3, -0.25) is 14.5 Å². The Hall–Kier alpha value is -1.80. The molecule has 0 aromatic carbocycles. The van der Waals surface area contributed by atoms with Gasteiger partial charge in [0.15, 0.2) is 0 Å². The third-order valence-electron chi connectivity index (χ3n) is 5.06. The molecule has 0 radical (unpaired) electrons. The molecule has 138 valence electrons. The number of aromatic nitrogens is 1. The Labute approximate surface area is 144 Å². The zero-order chi connectivity index (χ0) is 18.2. The van der Waals surface area contributed by atoms with Gasteiger partial charge < -0.3 is 14.6 Å². The first-order valence-electron chi connectivity index (χ1n) is 8.46. The Morgan fingerprint density at radius 1 is 1.20 bits per heavy atom. The van der Waals surface area contributed by atoms with Crippen LogP contribution in [0.25, 0.3) is 0 Å². The predicted molar refractivity (Wildman–Crippen MR) is 87.8 cm³/mol. The average Bonchev–Trinajstić information content (AvgIpc) is 2.94. The molecule has 1 N–H and O–H groups in total. The van der Waals surface area contributed by atoms with Gasteiger partial charge in [0.25, 0.3) is 11.8 Å². The largest absolute Gasteiger partial charge is 0.387 e. The summed E-state index contributed by atoms with van der Waals surface area (Å²) in [6, 6.07) is 2.82. The van der Waals surface area contributed by atoms with E-state index < -0.39 is 11.5 Å². The summed E-state index contributed by atoms with van der Waals surface area (Å²) in [6.07, 6.45) is 1.51. The normalized spacial score (nSPS) is 26.8. The number of amides is 1. The molecule has 1 amide bonds. The molecule has 6 nitrogen and oxygen atoms in total. The van der Waals surface area contributed by atoms with Crippen molar-refractivity contribution in [2.24, 2.45) is 7.05 Å². The first-order chi connectivity index (χ1) is 11.7. The molecule has 2 aliphatic rings. The number of β-amino-alcohol motifs (C(OH)–C–C–N with tert-alkyl or cyclic N) is 1. The van der Waals surface area contributed by atoms with Crippen molar-refractivity contribution in [1.29, 1.82) is 0 Å². The van der Waals surface area contributed by atoms with Gasteiger partial charge in [0.2, 0.25) is 5.56 Å². The van der Waals surface area contributed by atoms with E-state index in [9.17, 15) is 23.5 Å². The lowest BCUT2D eigenvalue weighted by molar-refractivity contribution is -0.0720. The molecule has 2 saturated heterocycles. The number of alkyl halides is 2. The molecule has 3 heterocycles. The number of hydrogen-bond donors (Lipinski definition) is 1. The van der Waals surface area contributed by atoms with Crippen molar-refractivity contribution in [2.75, 3.05) is 32.7 Å². The molecule has 1 aromatic heterocycles. The average molecular weight is 355 g/mol.